The van der Waals surface area contributed by atoms with Gasteiger partial charge in [-0.25, -0.2) is 0 Å². The highest BCUT2D eigenvalue weighted by Crippen LogP contribution is 2.23. The summed E-state index contributed by atoms with van der Waals surface area (Å²) in [6, 6.07) is -1.04. The van der Waals surface area contributed by atoms with E-state index in [1.165, 1.54) is 42.3 Å². The van der Waals surface area contributed by atoms with E-state index in [2.05, 4.69) is 31.6 Å². The van der Waals surface area contributed by atoms with Gasteiger partial charge in [-0.1, -0.05) is 18.2 Å². The summed E-state index contributed by atoms with van der Waals surface area (Å²) in [5.74, 6) is -5.00. The number of amides is 8. The maximum absolute atomic E-state index is 14.0. The van der Waals surface area contributed by atoms with Gasteiger partial charge in [0, 0.05) is 43.5 Å². The van der Waals surface area contributed by atoms with E-state index in [1.807, 2.05) is 30.5 Å². The van der Waals surface area contributed by atoms with Crippen molar-refractivity contribution in [3.8, 4) is 0 Å². The van der Waals surface area contributed by atoms with Gasteiger partial charge < -0.3 is 57.3 Å². The summed E-state index contributed by atoms with van der Waals surface area (Å²) in [6.45, 7) is 3.75. The summed E-state index contributed by atoms with van der Waals surface area (Å²) < 4.78 is 0. The van der Waals surface area contributed by atoms with E-state index in [4.69, 9.17) is 5.73 Å². The molecule has 3 heterocycles. The van der Waals surface area contributed by atoms with Gasteiger partial charge in [0.2, 0.25) is 47.3 Å². The average molecular weight is 830 g/mol. The molecule has 1 aromatic carbocycles. The molecule has 19 nitrogen and oxygen atoms in total. The highest BCUT2D eigenvalue weighted by Gasteiger charge is 2.41. The molecule has 0 saturated carbocycles. The number of nitrogens with two attached hydrogens (primary N) is 1. The number of nitrogens with one attached hydrogen (secondary N) is 6. The van der Waals surface area contributed by atoms with Gasteiger partial charge in [0.1, 0.15) is 42.3 Å². The number of aliphatic hydroxyl groups excluding tert-OH is 2. The summed E-state index contributed by atoms with van der Waals surface area (Å²) >= 11 is 1.44. The zero-order chi connectivity index (χ0) is 42.7. The number of carbonyl (C=O) groups is 8. The fraction of sp³-hybridized carbons (Fsp3) is 0.579. The van der Waals surface area contributed by atoms with Crippen molar-refractivity contribution in [1.29, 1.82) is 0 Å². The lowest BCUT2D eigenvalue weighted by Crippen LogP contribution is -2.61. The Labute approximate surface area is 340 Å². The number of rotatable bonds is 19. The van der Waals surface area contributed by atoms with Crippen molar-refractivity contribution in [2.24, 2.45) is 5.73 Å². The van der Waals surface area contributed by atoms with Crippen molar-refractivity contribution in [3.05, 3.63) is 36.0 Å². The Morgan fingerprint density at radius 2 is 1.47 bits per heavy atom. The van der Waals surface area contributed by atoms with Gasteiger partial charge in [-0.3, -0.25) is 38.4 Å². The normalized spacial score (nSPS) is 19.6. The molecule has 1 aromatic heterocycles. The third kappa shape index (κ3) is 11.5. The first-order valence-corrected chi connectivity index (χ1v) is 20.7. The molecule has 10 N–H and O–H groups in total. The van der Waals surface area contributed by atoms with E-state index in [-0.39, 0.29) is 31.7 Å². The van der Waals surface area contributed by atoms with Gasteiger partial charge in [0.25, 0.3) is 0 Å². The van der Waals surface area contributed by atoms with Gasteiger partial charge in [-0.15, -0.1) is 0 Å². The topological polar surface area (TPSA) is 285 Å². The highest BCUT2D eigenvalue weighted by molar-refractivity contribution is 7.98. The van der Waals surface area contributed by atoms with E-state index in [9.17, 15) is 48.6 Å². The number of hydrogen-bond donors (Lipinski definition) is 9. The van der Waals surface area contributed by atoms with Crippen molar-refractivity contribution in [1.82, 2.24) is 41.4 Å². The Bertz CT molecular complexity index is 1840. The second kappa shape index (κ2) is 21.0. The minimum absolute atomic E-state index is 0.0385. The molecule has 0 radical (unpaired) electrons. The predicted molar refractivity (Wildman–Crippen MR) is 213 cm³/mol. The van der Waals surface area contributed by atoms with Gasteiger partial charge >= 0.3 is 0 Å². The number of primary amides is 1. The Kier molecular flexibility index (Phi) is 16.5. The largest absolute Gasteiger partial charge is 0.394 e. The Hall–Kier alpha value is -5.21. The van der Waals surface area contributed by atoms with Crippen LogP contribution < -0.4 is 32.3 Å². The zero-order valence-corrected chi connectivity index (χ0v) is 33.9. The van der Waals surface area contributed by atoms with Gasteiger partial charge in [0.15, 0.2) is 0 Å². The van der Waals surface area contributed by atoms with E-state index >= 15 is 0 Å². The number of aliphatic hydroxyl groups is 2. The number of thioether (sulfide) groups is 1. The summed E-state index contributed by atoms with van der Waals surface area (Å²) in [5, 5.41) is 34.0. The lowest BCUT2D eigenvalue weighted by Gasteiger charge is -2.30. The SMILES string of the molecule is CSCC[C@H](NC(=O)[C@@H](NC(=O)[C@H](C)NC(=O)[C@H](Cc1c[nH]c2ccccc12)NC(=O)[C@@H]1CCCN1C(=O)[C@H](CO)NC(=O)[C@@H]1CCCN1C(C)=O)[C@@H](C)O)C(N)=O. The minimum Gasteiger partial charge on any atom is -0.394 e. The Morgan fingerprint density at radius 1 is 0.845 bits per heavy atom. The number of likely N-dealkylation sites (tertiary alicyclic amines) is 2. The lowest BCUT2D eigenvalue weighted by molar-refractivity contribution is -0.144. The number of benzene rings is 1. The second-order valence-electron chi connectivity index (χ2n) is 14.6. The summed E-state index contributed by atoms with van der Waals surface area (Å²) in [7, 11) is 0. The molecule has 2 aromatic rings. The minimum atomic E-state index is -1.51. The van der Waals surface area contributed by atoms with Gasteiger partial charge in [0.05, 0.1) is 12.7 Å². The molecule has 20 heteroatoms. The Balaban J connectivity index is 1.48. The standard InChI is InChI=1S/C38H55N9O10S/c1-20(33(52)45-31(21(2)49)37(56)42-26(32(39)51)13-16-58-4)41-34(53)27(17-23-18-40-25-10-6-5-9-24(23)25)43-36(55)30-12-8-15-47(30)38(57)28(19-48)44-35(54)29-11-7-14-46(29)22(3)50/h5-6,9-10,18,20-21,26-31,40,48-49H,7-8,11-17,19H2,1-4H3,(H2,39,51)(H,41,53)(H,42,56)(H,43,55)(H,44,54)(H,45,52)/t20-,21+,26-,27-,28-,29-,30-,31-/m0/s1. The van der Waals surface area contributed by atoms with E-state index in [0.717, 1.165) is 10.9 Å². The van der Waals surface area contributed by atoms with E-state index < -0.39 is 96.4 Å². The molecular formula is C38H55N9O10S. The maximum atomic E-state index is 14.0. The quantitative estimate of drug-likeness (QED) is 0.0731. The molecule has 58 heavy (non-hydrogen) atoms. The molecule has 318 valence electrons. The fourth-order valence-corrected chi connectivity index (χ4v) is 7.69. The number of fused-ring (bicyclic) bond motifs is 1. The van der Waals surface area contributed by atoms with Crippen molar-refractivity contribution in [2.45, 2.75) is 108 Å². The Morgan fingerprint density at radius 3 is 2.07 bits per heavy atom. The van der Waals surface area contributed by atoms with E-state index in [0.29, 0.717) is 37.1 Å². The van der Waals surface area contributed by atoms with Gasteiger partial charge in [-0.05, 0) is 69.6 Å². The molecule has 4 rings (SSSR count). The van der Waals surface area contributed by atoms with Crippen molar-refractivity contribution < 1.29 is 48.6 Å². The third-order valence-corrected chi connectivity index (χ3v) is 11.1. The van der Waals surface area contributed by atoms with Crippen LogP contribution in [0.5, 0.6) is 0 Å². The smallest absolute Gasteiger partial charge is 0.248 e. The molecule has 8 amide bonds. The molecule has 2 saturated heterocycles. The number of H-pyrrole nitrogens is 1. The average Bonchev–Trinajstić information content (AvgIpc) is 3.97. The predicted octanol–water partition coefficient (Wildman–Crippen LogP) is -2.23. The van der Waals surface area contributed by atoms with Crippen LogP contribution in [0.15, 0.2) is 30.5 Å². The molecule has 2 aliphatic rings. The lowest BCUT2D eigenvalue weighted by atomic mass is 10.0. The summed E-state index contributed by atoms with van der Waals surface area (Å²) in [4.78, 5) is 111. The first-order valence-electron chi connectivity index (χ1n) is 19.3. The first kappa shape index (κ1) is 45.5. The molecule has 0 bridgehead atoms. The third-order valence-electron chi connectivity index (χ3n) is 10.4. The number of hydrogen-bond acceptors (Lipinski definition) is 11. The van der Waals surface area contributed by atoms with Crippen LogP contribution in [0.1, 0.15) is 58.4 Å². The van der Waals surface area contributed by atoms with Crippen LogP contribution in [0, 0.1) is 0 Å². The molecule has 0 unspecified atom stereocenters. The molecule has 2 aliphatic heterocycles. The van der Waals surface area contributed by atoms with Crippen molar-refractivity contribution in [3.63, 3.8) is 0 Å². The van der Waals surface area contributed by atoms with Crippen LogP contribution in [-0.4, -0.2) is 152 Å². The van der Waals surface area contributed by atoms with Gasteiger partial charge in [-0.2, -0.15) is 11.8 Å². The molecule has 8 atom stereocenters. The first-order chi connectivity index (χ1) is 27.6. The van der Waals surface area contributed by atoms with Crippen LogP contribution in [-0.2, 0) is 44.8 Å². The number of nitrogens with zero attached hydrogens (tertiary/aromatic N) is 2. The van der Waals surface area contributed by atoms with Crippen LogP contribution >= 0.6 is 11.8 Å². The highest BCUT2D eigenvalue weighted by atomic mass is 32.2. The summed E-state index contributed by atoms with van der Waals surface area (Å²) in [5.41, 5.74) is 6.88. The van der Waals surface area contributed by atoms with Crippen molar-refractivity contribution >= 4 is 69.9 Å². The maximum Gasteiger partial charge on any atom is 0.248 e. The van der Waals surface area contributed by atoms with Crippen LogP contribution in [0.2, 0.25) is 0 Å². The van der Waals surface area contributed by atoms with E-state index in [1.54, 1.807) is 6.20 Å². The van der Waals surface area contributed by atoms with Crippen LogP contribution in [0.3, 0.4) is 0 Å². The number of para-hydroxylation sites is 1. The molecule has 0 aliphatic carbocycles. The van der Waals surface area contributed by atoms with Crippen LogP contribution in [0.4, 0.5) is 0 Å². The number of aromatic nitrogens is 1. The summed E-state index contributed by atoms with van der Waals surface area (Å²) in [6.07, 6.45) is 3.95. The molecular weight excluding hydrogens is 775 g/mol. The fourth-order valence-electron chi connectivity index (χ4n) is 7.22. The zero-order valence-electron chi connectivity index (χ0n) is 33.1. The number of carbonyl (C=O) groups excluding carboxylic acids is 8. The molecule has 0 spiro atoms. The van der Waals surface area contributed by atoms with Crippen molar-refractivity contribution in [2.75, 3.05) is 31.7 Å². The number of aromatic amines is 1. The van der Waals surface area contributed by atoms with Crippen LogP contribution in [0.25, 0.3) is 10.9 Å². The molecule has 2 fully saturated rings. The second-order valence-corrected chi connectivity index (χ2v) is 15.6. The monoisotopic (exact) mass is 829 g/mol.